The first kappa shape index (κ1) is 13.0. The third-order valence-electron chi connectivity index (χ3n) is 4.96. The number of rotatable bonds is 5. The monoisotopic (exact) mass is 211 g/mol. The van der Waals surface area contributed by atoms with Gasteiger partial charge in [0.1, 0.15) is 0 Å². The molecule has 0 aromatic carbocycles. The molecule has 1 aliphatic rings. The Bertz CT molecular complexity index is 201. The highest BCUT2D eigenvalue weighted by atomic mass is 14.9. The molecule has 0 aromatic heterocycles. The van der Waals surface area contributed by atoms with E-state index >= 15 is 0 Å². The smallest absolute Gasteiger partial charge is 0.0103 e. The maximum atomic E-state index is 3.53. The molecular formula is C14H29N. The summed E-state index contributed by atoms with van der Waals surface area (Å²) in [5.74, 6) is 1.67. The van der Waals surface area contributed by atoms with Gasteiger partial charge >= 0.3 is 0 Å². The van der Waals surface area contributed by atoms with Gasteiger partial charge in [0.25, 0.3) is 0 Å². The number of hydrogen-bond donors (Lipinski definition) is 1. The summed E-state index contributed by atoms with van der Waals surface area (Å²) >= 11 is 0. The van der Waals surface area contributed by atoms with Crippen molar-refractivity contribution in [2.45, 2.75) is 60.4 Å². The van der Waals surface area contributed by atoms with Gasteiger partial charge in [-0.1, -0.05) is 41.5 Å². The van der Waals surface area contributed by atoms with Crippen LogP contribution >= 0.6 is 0 Å². The average Bonchev–Trinajstić information content (AvgIpc) is 2.48. The summed E-state index contributed by atoms with van der Waals surface area (Å²) in [6.45, 7) is 14.3. The van der Waals surface area contributed by atoms with Gasteiger partial charge in [0.2, 0.25) is 0 Å². The van der Waals surface area contributed by atoms with Crippen LogP contribution in [0.4, 0.5) is 0 Å². The third-order valence-corrected chi connectivity index (χ3v) is 4.96. The first-order valence-electron chi connectivity index (χ1n) is 6.42. The zero-order chi connectivity index (χ0) is 11.9. The molecule has 1 rings (SSSR count). The molecule has 0 heterocycles. The predicted octanol–water partition coefficient (Wildman–Crippen LogP) is 3.69. The van der Waals surface area contributed by atoms with E-state index in [0.717, 1.165) is 11.8 Å². The van der Waals surface area contributed by atoms with E-state index in [2.05, 4.69) is 53.9 Å². The standard InChI is InChI=1S/C14H29N/c1-10(2)8-9-11(15-7)12-13(3,4)14(12,5)6/h10-12,15H,8-9H2,1-7H3. The summed E-state index contributed by atoms with van der Waals surface area (Å²) in [7, 11) is 2.12. The summed E-state index contributed by atoms with van der Waals surface area (Å²) in [5.41, 5.74) is 1.02. The molecule has 0 aliphatic heterocycles. The molecular weight excluding hydrogens is 182 g/mol. The molecule has 1 heteroatoms. The minimum absolute atomic E-state index is 0.512. The van der Waals surface area contributed by atoms with Gasteiger partial charge in [-0.15, -0.1) is 0 Å². The van der Waals surface area contributed by atoms with Gasteiger partial charge in [0.15, 0.2) is 0 Å². The highest BCUT2D eigenvalue weighted by molar-refractivity contribution is 5.16. The SMILES string of the molecule is CNC(CCC(C)C)C1C(C)(C)C1(C)C. The lowest BCUT2D eigenvalue weighted by atomic mass is 9.96. The summed E-state index contributed by atoms with van der Waals surface area (Å²) in [4.78, 5) is 0. The second-order valence-electron chi connectivity index (χ2n) is 6.79. The Morgan fingerprint density at radius 3 is 1.73 bits per heavy atom. The first-order valence-corrected chi connectivity index (χ1v) is 6.42. The van der Waals surface area contributed by atoms with E-state index in [0.29, 0.717) is 16.9 Å². The van der Waals surface area contributed by atoms with Crippen molar-refractivity contribution in [1.82, 2.24) is 5.32 Å². The van der Waals surface area contributed by atoms with Crippen molar-refractivity contribution < 1.29 is 0 Å². The summed E-state index contributed by atoms with van der Waals surface area (Å²) in [6.07, 6.45) is 2.67. The van der Waals surface area contributed by atoms with Crippen LogP contribution in [0.3, 0.4) is 0 Å². The highest BCUT2D eigenvalue weighted by Crippen LogP contribution is 2.70. The zero-order valence-corrected chi connectivity index (χ0v) is 11.6. The van der Waals surface area contributed by atoms with E-state index in [1.165, 1.54) is 12.8 Å². The molecule has 1 atom stereocenters. The Labute approximate surface area is 96.0 Å². The maximum Gasteiger partial charge on any atom is 0.0103 e. The van der Waals surface area contributed by atoms with Crippen LogP contribution in [0, 0.1) is 22.7 Å². The van der Waals surface area contributed by atoms with Crippen LogP contribution in [0.15, 0.2) is 0 Å². The Morgan fingerprint density at radius 1 is 1.00 bits per heavy atom. The van der Waals surface area contributed by atoms with E-state index in [-0.39, 0.29) is 0 Å². The summed E-state index contributed by atoms with van der Waals surface area (Å²) in [5, 5.41) is 3.53. The predicted molar refractivity (Wildman–Crippen MR) is 68.0 cm³/mol. The molecule has 15 heavy (non-hydrogen) atoms. The van der Waals surface area contributed by atoms with Crippen molar-refractivity contribution in [3.05, 3.63) is 0 Å². The molecule has 0 radical (unpaired) electrons. The van der Waals surface area contributed by atoms with E-state index in [1.54, 1.807) is 0 Å². The highest BCUT2D eigenvalue weighted by Gasteiger charge is 2.66. The van der Waals surface area contributed by atoms with Crippen molar-refractivity contribution in [2.24, 2.45) is 22.7 Å². The molecule has 0 aromatic rings. The van der Waals surface area contributed by atoms with Gasteiger partial charge < -0.3 is 5.32 Å². The van der Waals surface area contributed by atoms with Crippen molar-refractivity contribution in [3.63, 3.8) is 0 Å². The largest absolute Gasteiger partial charge is 0.317 e. The van der Waals surface area contributed by atoms with Crippen LogP contribution in [0.25, 0.3) is 0 Å². The van der Waals surface area contributed by atoms with Gasteiger partial charge in [-0.2, -0.15) is 0 Å². The van der Waals surface area contributed by atoms with Crippen LogP contribution in [0.5, 0.6) is 0 Å². The lowest BCUT2D eigenvalue weighted by Gasteiger charge is -2.19. The van der Waals surface area contributed by atoms with E-state index in [9.17, 15) is 0 Å². The van der Waals surface area contributed by atoms with E-state index < -0.39 is 0 Å². The average molecular weight is 211 g/mol. The van der Waals surface area contributed by atoms with Crippen LogP contribution in [-0.4, -0.2) is 13.1 Å². The molecule has 0 bridgehead atoms. The van der Waals surface area contributed by atoms with Crippen molar-refractivity contribution in [2.75, 3.05) is 7.05 Å². The molecule has 1 aliphatic carbocycles. The minimum atomic E-state index is 0.512. The Hall–Kier alpha value is -0.0400. The van der Waals surface area contributed by atoms with Gasteiger partial charge in [-0.25, -0.2) is 0 Å². The first-order chi connectivity index (χ1) is 6.75. The zero-order valence-electron chi connectivity index (χ0n) is 11.6. The summed E-state index contributed by atoms with van der Waals surface area (Å²) in [6, 6.07) is 0.706. The second kappa shape index (κ2) is 4.08. The van der Waals surface area contributed by atoms with Gasteiger partial charge in [-0.05, 0) is 42.6 Å². The molecule has 1 fully saturated rings. The van der Waals surface area contributed by atoms with Crippen LogP contribution in [-0.2, 0) is 0 Å². The van der Waals surface area contributed by atoms with E-state index in [1.807, 2.05) is 0 Å². The lowest BCUT2D eigenvalue weighted by molar-refractivity contribution is 0.370. The molecule has 0 spiro atoms. The summed E-state index contributed by atoms with van der Waals surface area (Å²) < 4.78 is 0. The molecule has 0 saturated heterocycles. The third kappa shape index (κ3) is 2.22. The normalized spacial score (nSPS) is 25.6. The van der Waals surface area contributed by atoms with Crippen LogP contribution in [0.2, 0.25) is 0 Å². The van der Waals surface area contributed by atoms with Gasteiger partial charge in [0.05, 0.1) is 0 Å². The molecule has 0 amide bonds. The number of hydrogen-bond acceptors (Lipinski definition) is 1. The molecule has 90 valence electrons. The number of nitrogens with one attached hydrogen (secondary N) is 1. The fourth-order valence-corrected chi connectivity index (χ4v) is 3.24. The van der Waals surface area contributed by atoms with Crippen molar-refractivity contribution in [3.8, 4) is 0 Å². The van der Waals surface area contributed by atoms with Crippen LogP contribution in [0.1, 0.15) is 54.4 Å². The quantitative estimate of drug-likeness (QED) is 0.731. The second-order valence-corrected chi connectivity index (χ2v) is 6.79. The Morgan fingerprint density at radius 2 is 1.47 bits per heavy atom. The fraction of sp³-hybridized carbons (Fsp3) is 1.00. The molecule has 1 unspecified atom stereocenters. The molecule has 1 saturated carbocycles. The Balaban J connectivity index is 2.55. The maximum absolute atomic E-state index is 3.53. The van der Waals surface area contributed by atoms with Gasteiger partial charge in [-0.3, -0.25) is 0 Å². The minimum Gasteiger partial charge on any atom is -0.317 e. The Kier molecular flexibility index (Phi) is 3.55. The van der Waals surface area contributed by atoms with E-state index in [4.69, 9.17) is 0 Å². The molecule has 1 nitrogen and oxygen atoms in total. The van der Waals surface area contributed by atoms with Crippen molar-refractivity contribution >= 4 is 0 Å². The lowest BCUT2D eigenvalue weighted by Crippen LogP contribution is -2.30. The fourth-order valence-electron chi connectivity index (χ4n) is 3.24. The van der Waals surface area contributed by atoms with Crippen molar-refractivity contribution in [1.29, 1.82) is 0 Å². The topological polar surface area (TPSA) is 12.0 Å². The molecule has 1 N–H and O–H groups in total. The van der Waals surface area contributed by atoms with Crippen LogP contribution < -0.4 is 5.32 Å². The van der Waals surface area contributed by atoms with Gasteiger partial charge in [0, 0.05) is 6.04 Å².